The summed E-state index contributed by atoms with van der Waals surface area (Å²) < 4.78 is 30.1. The molecule has 1 heterocycles. The monoisotopic (exact) mass is 458 g/mol. The quantitative estimate of drug-likeness (QED) is 0.370. The Morgan fingerprint density at radius 2 is 1.70 bits per heavy atom. The fraction of sp³-hybridized carbons (Fsp3) is 0.333. The van der Waals surface area contributed by atoms with Gasteiger partial charge in [-0.3, -0.25) is 9.59 Å². The number of amides is 1. The van der Waals surface area contributed by atoms with Crippen LogP contribution in [-0.2, 0) is 9.59 Å². The van der Waals surface area contributed by atoms with Gasteiger partial charge in [-0.2, -0.15) is 0 Å². The number of rotatable bonds is 8. The molecule has 1 N–H and O–H groups in total. The molecule has 9 heteroatoms. The highest BCUT2D eigenvalue weighted by molar-refractivity contribution is 6.46. The van der Waals surface area contributed by atoms with Gasteiger partial charge in [0.05, 0.1) is 32.9 Å². The van der Waals surface area contributed by atoms with Crippen molar-refractivity contribution in [2.24, 2.45) is 0 Å². The van der Waals surface area contributed by atoms with E-state index in [-0.39, 0.29) is 23.4 Å². The van der Waals surface area contributed by atoms with E-state index in [4.69, 9.17) is 14.2 Å². The first-order valence-corrected chi connectivity index (χ1v) is 10.2. The molecule has 1 saturated heterocycles. The molecule has 1 unspecified atom stereocenters. The number of likely N-dealkylation sites (tertiary alicyclic amines) is 1. The molecular weight excluding hydrogens is 431 g/mol. The van der Waals surface area contributed by atoms with Crippen LogP contribution >= 0.6 is 0 Å². The highest BCUT2D eigenvalue weighted by Gasteiger charge is 2.47. The third kappa shape index (κ3) is 4.63. The average Bonchev–Trinajstić information content (AvgIpc) is 3.06. The van der Waals surface area contributed by atoms with Gasteiger partial charge in [0, 0.05) is 24.2 Å². The topological polar surface area (TPSA) is 88.5 Å². The van der Waals surface area contributed by atoms with Crippen LogP contribution in [0.5, 0.6) is 17.2 Å². The van der Waals surface area contributed by atoms with Gasteiger partial charge in [0.15, 0.2) is 11.6 Å². The van der Waals surface area contributed by atoms with Gasteiger partial charge in [-0.25, -0.2) is 4.39 Å². The number of hydrogen-bond acceptors (Lipinski definition) is 7. The van der Waals surface area contributed by atoms with Crippen LogP contribution in [0, 0.1) is 5.82 Å². The van der Waals surface area contributed by atoms with Crippen molar-refractivity contribution >= 4 is 17.4 Å². The maximum atomic E-state index is 14.3. The maximum absolute atomic E-state index is 14.3. The van der Waals surface area contributed by atoms with Crippen molar-refractivity contribution in [3.8, 4) is 17.2 Å². The van der Waals surface area contributed by atoms with Gasteiger partial charge in [-0.05, 0) is 50.5 Å². The number of aliphatic hydroxyl groups is 1. The molecule has 0 aromatic heterocycles. The zero-order chi connectivity index (χ0) is 24.3. The minimum atomic E-state index is -0.958. The first-order chi connectivity index (χ1) is 15.7. The Morgan fingerprint density at radius 3 is 2.27 bits per heavy atom. The van der Waals surface area contributed by atoms with E-state index in [9.17, 15) is 19.1 Å². The molecule has 3 rings (SSSR count). The summed E-state index contributed by atoms with van der Waals surface area (Å²) in [5.41, 5.74) is 0.353. The summed E-state index contributed by atoms with van der Waals surface area (Å²) in [6, 6.07) is 7.86. The molecule has 1 aliphatic rings. The first kappa shape index (κ1) is 24.1. The number of halogens is 1. The number of likely N-dealkylation sites (N-methyl/N-ethyl adjacent to an activating group) is 1. The van der Waals surface area contributed by atoms with E-state index in [2.05, 4.69) is 0 Å². The Labute approximate surface area is 191 Å². The van der Waals surface area contributed by atoms with Crippen molar-refractivity contribution < 1.29 is 33.3 Å². The standard InChI is InChI=1S/C24H27FN2O6/c1-26(2)10-11-27-21(16-13-15(31-3)7-9-18(16)32-4)20(23(29)24(27)30)22(28)14-6-8-19(33-5)17(25)12-14/h6-9,12-13,21,28H,10-11H2,1-5H3. The fourth-order valence-corrected chi connectivity index (χ4v) is 3.76. The summed E-state index contributed by atoms with van der Waals surface area (Å²) in [4.78, 5) is 29.4. The summed E-state index contributed by atoms with van der Waals surface area (Å²) in [6.45, 7) is 0.698. The molecular formula is C24H27FN2O6. The second-order valence-electron chi connectivity index (χ2n) is 7.75. The summed E-state index contributed by atoms with van der Waals surface area (Å²) in [5, 5.41) is 11.1. The van der Waals surface area contributed by atoms with Crippen LogP contribution in [0.3, 0.4) is 0 Å². The highest BCUT2D eigenvalue weighted by atomic mass is 19.1. The number of aliphatic hydroxyl groups excluding tert-OH is 1. The minimum absolute atomic E-state index is 0.0102. The van der Waals surface area contributed by atoms with Crippen molar-refractivity contribution in [2.75, 3.05) is 48.5 Å². The van der Waals surface area contributed by atoms with Gasteiger partial charge in [-0.15, -0.1) is 0 Å². The van der Waals surface area contributed by atoms with Crippen LogP contribution in [0.25, 0.3) is 5.76 Å². The predicted octanol–water partition coefficient (Wildman–Crippen LogP) is 2.83. The van der Waals surface area contributed by atoms with Gasteiger partial charge in [0.2, 0.25) is 0 Å². The Morgan fingerprint density at radius 1 is 1.03 bits per heavy atom. The first-order valence-electron chi connectivity index (χ1n) is 10.2. The maximum Gasteiger partial charge on any atom is 0.295 e. The second-order valence-corrected chi connectivity index (χ2v) is 7.75. The molecule has 33 heavy (non-hydrogen) atoms. The molecule has 0 bridgehead atoms. The lowest BCUT2D eigenvalue weighted by molar-refractivity contribution is -0.140. The second kappa shape index (κ2) is 9.91. The highest BCUT2D eigenvalue weighted by Crippen LogP contribution is 2.44. The van der Waals surface area contributed by atoms with Crippen molar-refractivity contribution in [3.63, 3.8) is 0 Å². The van der Waals surface area contributed by atoms with Crippen LogP contribution in [-0.4, -0.2) is 75.1 Å². The molecule has 0 radical (unpaired) electrons. The van der Waals surface area contributed by atoms with Crippen LogP contribution < -0.4 is 14.2 Å². The van der Waals surface area contributed by atoms with Crippen molar-refractivity contribution in [2.45, 2.75) is 6.04 Å². The molecule has 176 valence electrons. The largest absolute Gasteiger partial charge is 0.507 e. The lowest BCUT2D eigenvalue weighted by atomic mass is 9.94. The van der Waals surface area contributed by atoms with Gasteiger partial charge in [0.25, 0.3) is 11.7 Å². The molecule has 1 fully saturated rings. The molecule has 1 atom stereocenters. The zero-order valence-corrected chi connectivity index (χ0v) is 19.2. The molecule has 2 aromatic carbocycles. The lowest BCUT2D eigenvalue weighted by Crippen LogP contribution is -2.35. The van der Waals surface area contributed by atoms with Gasteiger partial charge < -0.3 is 29.1 Å². The number of ether oxygens (including phenoxy) is 3. The van der Waals surface area contributed by atoms with E-state index >= 15 is 0 Å². The zero-order valence-electron chi connectivity index (χ0n) is 19.2. The molecule has 1 aliphatic heterocycles. The number of methoxy groups -OCH3 is 3. The fourth-order valence-electron chi connectivity index (χ4n) is 3.76. The van der Waals surface area contributed by atoms with Crippen LogP contribution in [0.15, 0.2) is 42.0 Å². The number of carbonyl (C=O) groups is 2. The molecule has 0 saturated carbocycles. The lowest BCUT2D eigenvalue weighted by Gasteiger charge is -2.28. The van der Waals surface area contributed by atoms with E-state index in [1.807, 2.05) is 19.0 Å². The normalized spacial score (nSPS) is 17.5. The SMILES string of the molecule is COc1ccc(OC)c(C2C(=C(O)c3ccc(OC)c(F)c3)C(=O)C(=O)N2CCN(C)C)c1. The third-order valence-electron chi connectivity index (χ3n) is 5.48. The van der Waals surface area contributed by atoms with Gasteiger partial charge >= 0.3 is 0 Å². The number of hydrogen-bond donors (Lipinski definition) is 1. The molecule has 1 amide bonds. The van der Waals surface area contributed by atoms with Gasteiger partial charge in [0.1, 0.15) is 17.3 Å². The molecule has 0 aliphatic carbocycles. The Kier molecular flexibility index (Phi) is 7.23. The summed E-state index contributed by atoms with van der Waals surface area (Å²) in [6.07, 6.45) is 0. The van der Waals surface area contributed by atoms with E-state index in [0.717, 1.165) is 6.07 Å². The summed E-state index contributed by atoms with van der Waals surface area (Å²) in [7, 11) is 7.98. The van der Waals surface area contributed by atoms with Crippen molar-refractivity contribution in [1.82, 2.24) is 9.80 Å². The minimum Gasteiger partial charge on any atom is -0.507 e. The number of benzene rings is 2. The number of nitrogens with zero attached hydrogens (tertiary/aromatic N) is 2. The summed E-state index contributed by atoms with van der Waals surface area (Å²) in [5.74, 6) is -1.94. The van der Waals surface area contributed by atoms with E-state index in [0.29, 0.717) is 23.6 Å². The van der Waals surface area contributed by atoms with E-state index in [1.54, 1.807) is 18.2 Å². The van der Waals surface area contributed by atoms with E-state index < -0.39 is 29.3 Å². The summed E-state index contributed by atoms with van der Waals surface area (Å²) >= 11 is 0. The number of Topliss-reactive ketones (excluding diaryl/α,β-unsaturated/α-hetero) is 1. The smallest absolute Gasteiger partial charge is 0.295 e. The van der Waals surface area contributed by atoms with Crippen LogP contribution in [0.1, 0.15) is 17.2 Å². The van der Waals surface area contributed by atoms with Gasteiger partial charge in [-0.1, -0.05) is 0 Å². The molecule has 0 spiro atoms. The predicted molar refractivity (Wildman–Crippen MR) is 120 cm³/mol. The average molecular weight is 458 g/mol. The van der Waals surface area contributed by atoms with E-state index in [1.165, 1.54) is 38.4 Å². The number of ketones is 1. The molecule has 2 aromatic rings. The van der Waals surface area contributed by atoms with Crippen molar-refractivity contribution in [3.05, 3.63) is 58.9 Å². The Bertz CT molecular complexity index is 1100. The Balaban J connectivity index is 2.24. The van der Waals surface area contributed by atoms with Crippen molar-refractivity contribution in [1.29, 1.82) is 0 Å². The number of carbonyl (C=O) groups excluding carboxylic acids is 2. The Hall–Kier alpha value is -3.59. The van der Waals surface area contributed by atoms with Crippen LogP contribution in [0.4, 0.5) is 4.39 Å². The molecule has 8 nitrogen and oxygen atoms in total. The third-order valence-corrected chi connectivity index (χ3v) is 5.48. The van der Waals surface area contributed by atoms with Crippen LogP contribution in [0.2, 0.25) is 0 Å².